The average Bonchev–Trinajstić information content (AvgIpc) is 2.62. The van der Waals surface area contributed by atoms with Crippen LogP contribution >= 0.6 is 0 Å². The maximum Gasteiger partial charge on any atom is 0.131 e. The Kier molecular flexibility index (Phi) is 2.26. The number of nitrogens with two attached hydrogens (primary N) is 2. The second kappa shape index (κ2) is 3.25. The molecule has 12 heavy (non-hydrogen) atoms. The third-order valence-electron chi connectivity index (χ3n) is 2.31. The maximum absolute atomic E-state index is 5.35. The first-order chi connectivity index (χ1) is 5.86. The Morgan fingerprint density at radius 1 is 0.917 bits per heavy atom. The van der Waals surface area contributed by atoms with E-state index in [9.17, 15) is 0 Å². The summed E-state index contributed by atoms with van der Waals surface area (Å²) in [5.41, 5.74) is 0. The molecule has 4 N–H and O–H groups in total. The zero-order chi connectivity index (χ0) is 8.55. The molecule has 0 aromatic carbocycles. The van der Waals surface area contributed by atoms with Crippen molar-refractivity contribution in [3.05, 3.63) is 0 Å². The van der Waals surface area contributed by atoms with E-state index >= 15 is 0 Å². The van der Waals surface area contributed by atoms with Crippen molar-refractivity contribution in [1.82, 2.24) is 0 Å². The monoisotopic (exact) mass is 176 g/mol. The van der Waals surface area contributed by atoms with Crippen molar-refractivity contribution in [2.24, 2.45) is 11.8 Å². The van der Waals surface area contributed by atoms with Crippen molar-refractivity contribution in [2.45, 2.75) is 24.4 Å². The molecule has 0 aromatic heterocycles. The Morgan fingerprint density at radius 3 is 1.67 bits per heavy atom. The summed E-state index contributed by atoms with van der Waals surface area (Å²) >= 11 is 0. The molecule has 0 amide bonds. The summed E-state index contributed by atoms with van der Waals surface area (Å²) in [5.74, 6) is 10.1. The number of rotatable bonds is 2. The Balaban J connectivity index is 2.01. The average molecular weight is 176 g/mol. The van der Waals surface area contributed by atoms with E-state index in [1.165, 1.54) is 0 Å². The number of fused-ring (bicyclic) bond motifs is 1. The summed E-state index contributed by atoms with van der Waals surface area (Å²) in [6.07, 6.45) is -0.669. The molecule has 2 aliphatic heterocycles. The first-order valence-corrected chi connectivity index (χ1v) is 3.81. The smallest absolute Gasteiger partial charge is 0.131 e. The van der Waals surface area contributed by atoms with E-state index in [0.717, 1.165) is 0 Å². The van der Waals surface area contributed by atoms with Gasteiger partial charge in [0.15, 0.2) is 0 Å². The molecule has 0 aromatic rings. The minimum absolute atomic E-state index is 0.136. The molecule has 0 bridgehead atoms. The van der Waals surface area contributed by atoms with E-state index in [0.29, 0.717) is 13.2 Å². The molecule has 2 rings (SSSR count). The zero-order valence-electron chi connectivity index (χ0n) is 6.51. The van der Waals surface area contributed by atoms with Crippen LogP contribution in [0, 0.1) is 0 Å². The quantitative estimate of drug-likeness (QED) is 0.487. The first-order valence-electron chi connectivity index (χ1n) is 3.81. The minimum atomic E-state index is -0.199. The molecule has 6 nitrogen and oxygen atoms in total. The van der Waals surface area contributed by atoms with Crippen molar-refractivity contribution in [3.8, 4) is 0 Å². The fourth-order valence-electron chi connectivity index (χ4n) is 1.66. The van der Waals surface area contributed by atoms with Gasteiger partial charge in [0.25, 0.3) is 0 Å². The lowest BCUT2D eigenvalue weighted by Gasteiger charge is -2.13. The Labute approximate surface area is 69.6 Å². The summed E-state index contributed by atoms with van der Waals surface area (Å²) < 4.78 is 10.7. The summed E-state index contributed by atoms with van der Waals surface area (Å²) in [6.45, 7) is 0.872. The van der Waals surface area contributed by atoms with Gasteiger partial charge in [0.05, 0.1) is 13.2 Å². The van der Waals surface area contributed by atoms with Crippen LogP contribution in [0.25, 0.3) is 0 Å². The summed E-state index contributed by atoms with van der Waals surface area (Å²) in [7, 11) is 0. The SMILES string of the molecule is NOC1COC2C(ON)COC12. The molecule has 70 valence electrons. The summed E-state index contributed by atoms with van der Waals surface area (Å²) in [5, 5.41) is 0. The van der Waals surface area contributed by atoms with Crippen LogP contribution in [0.3, 0.4) is 0 Å². The highest BCUT2D eigenvalue weighted by Crippen LogP contribution is 2.28. The van der Waals surface area contributed by atoms with Crippen LogP contribution < -0.4 is 11.8 Å². The van der Waals surface area contributed by atoms with Gasteiger partial charge in [0.2, 0.25) is 0 Å². The van der Waals surface area contributed by atoms with Gasteiger partial charge in [-0.1, -0.05) is 0 Å². The third-order valence-corrected chi connectivity index (χ3v) is 2.31. The lowest BCUT2D eigenvalue weighted by atomic mass is 10.1. The van der Waals surface area contributed by atoms with Crippen molar-refractivity contribution >= 4 is 0 Å². The highest BCUT2D eigenvalue weighted by molar-refractivity contribution is 4.95. The van der Waals surface area contributed by atoms with Crippen molar-refractivity contribution in [1.29, 1.82) is 0 Å². The fourth-order valence-corrected chi connectivity index (χ4v) is 1.66. The molecule has 2 saturated heterocycles. The molecule has 0 aliphatic carbocycles. The highest BCUT2D eigenvalue weighted by Gasteiger charge is 2.48. The van der Waals surface area contributed by atoms with Gasteiger partial charge < -0.3 is 9.47 Å². The maximum atomic E-state index is 5.35. The van der Waals surface area contributed by atoms with Gasteiger partial charge in [0, 0.05) is 0 Å². The molecule has 4 atom stereocenters. The largest absolute Gasteiger partial charge is 0.370 e. The van der Waals surface area contributed by atoms with Crippen LogP contribution in [0.5, 0.6) is 0 Å². The summed E-state index contributed by atoms with van der Waals surface area (Å²) in [6, 6.07) is 0. The zero-order valence-corrected chi connectivity index (χ0v) is 6.51. The topological polar surface area (TPSA) is 89.0 Å². The van der Waals surface area contributed by atoms with Crippen LogP contribution in [0.4, 0.5) is 0 Å². The Morgan fingerprint density at radius 2 is 1.33 bits per heavy atom. The molecule has 2 heterocycles. The van der Waals surface area contributed by atoms with Crippen LogP contribution in [-0.4, -0.2) is 37.6 Å². The second-order valence-corrected chi connectivity index (χ2v) is 2.94. The predicted molar refractivity (Wildman–Crippen MR) is 37.6 cm³/mol. The normalized spacial score (nSPS) is 46.5. The van der Waals surface area contributed by atoms with Gasteiger partial charge in [-0.2, -0.15) is 0 Å². The standard InChI is InChI=1S/C6H12N2O4/c7-11-3-1-9-6-4(12-8)2-10-5(3)6/h3-6H,1-2,7-8H2. The molecule has 0 radical (unpaired) electrons. The lowest BCUT2D eigenvalue weighted by Crippen LogP contribution is -2.36. The number of hydrogen-bond donors (Lipinski definition) is 2. The fraction of sp³-hybridized carbons (Fsp3) is 1.00. The number of ether oxygens (including phenoxy) is 2. The van der Waals surface area contributed by atoms with Crippen LogP contribution in [0.1, 0.15) is 0 Å². The van der Waals surface area contributed by atoms with E-state index < -0.39 is 0 Å². The van der Waals surface area contributed by atoms with E-state index in [1.54, 1.807) is 0 Å². The number of hydrogen-bond acceptors (Lipinski definition) is 6. The second-order valence-electron chi connectivity index (χ2n) is 2.94. The molecule has 4 unspecified atom stereocenters. The van der Waals surface area contributed by atoms with Gasteiger partial charge in [-0.25, -0.2) is 11.8 Å². The van der Waals surface area contributed by atoms with Gasteiger partial charge in [-0.05, 0) is 0 Å². The van der Waals surface area contributed by atoms with E-state index in [-0.39, 0.29) is 24.4 Å². The predicted octanol–water partition coefficient (Wildman–Crippen LogP) is -1.70. The minimum Gasteiger partial charge on any atom is -0.370 e. The van der Waals surface area contributed by atoms with Gasteiger partial charge in [-0.3, -0.25) is 9.68 Å². The summed E-state index contributed by atoms with van der Waals surface area (Å²) in [4.78, 5) is 9.34. The van der Waals surface area contributed by atoms with E-state index in [4.69, 9.17) is 21.3 Å². The van der Waals surface area contributed by atoms with Crippen LogP contribution in [0.15, 0.2) is 0 Å². The van der Waals surface area contributed by atoms with E-state index in [2.05, 4.69) is 9.68 Å². The van der Waals surface area contributed by atoms with Gasteiger partial charge in [-0.15, -0.1) is 0 Å². The van der Waals surface area contributed by atoms with Crippen molar-refractivity contribution < 1.29 is 19.1 Å². The van der Waals surface area contributed by atoms with Gasteiger partial charge >= 0.3 is 0 Å². The molecule has 2 fully saturated rings. The van der Waals surface area contributed by atoms with Gasteiger partial charge in [0.1, 0.15) is 24.4 Å². The van der Waals surface area contributed by atoms with E-state index in [1.807, 2.05) is 0 Å². The van der Waals surface area contributed by atoms with Crippen LogP contribution in [0.2, 0.25) is 0 Å². The lowest BCUT2D eigenvalue weighted by molar-refractivity contribution is -0.0518. The van der Waals surface area contributed by atoms with Crippen molar-refractivity contribution in [3.63, 3.8) is 0 Å². The van der Waals surface area contributed by atoms with Crippen LogP contribution in [-0.2, 0) is 19.1 Å². The molecular weight excluding hydrogens is 164 g/mol. The Hall–Kier alpha value is -0.240. The molecule has 0 spiro atoms. The molecule has 0 saturated carbocycles. The third kappa shape index (κ3) is 1.13. The Bertz CT molecular complexity index is 150. The molecule has 6 heteroatoms. The highest BCUT2D eigenvalue weighted by atomic mass is 16.7. The first kappa shape index (κ1) is 8.36. The molecule has 2 aliphatic rings. The molecular formula is C6H12N2O4. The van der Waals surface area contributed by atoms with Crippen molar-refractivity contribution in [2.75, 3.05) is 13.2 Å².